The van der Waals surface area contributed by atoms with E-state index in [1.54, 1.807) is 12.1 Å². The molecule has 0 saturated carbocycles. The van der Waals surface area contributed by atoms with Gasteiger partial charge in [0.15, 0.2) is 6.10 Å². The average molecular weight is 332 g/mol. The highest BCUT2D eigenvalue weighted by atomic mass is 16.3. The number of carbonyl (C=O) groups excluding carboxylic acids is 1. The van der Waals surface area contributed by atoms with Gasteiger partial charge < -0.3 is 15.3 Å². The van der Waals surface area contributed by atoms with E-state index in [-0.39, 0.29) is 11.9 Å². The SMILES string of the molecule is CC[C@H](C)CCCN1CCC(NC(=O)C(O)c2ccccc2)CC1. The molecule has 2 atom stereocenters. The van der Waals surface area contributed by atoms with Crippen LogP contribution < -0.4 is 5.32 Å². The Morgan fingerprint density at radius 3 is 2.58 bits per heavy atom. The van der Waals surface area contributed by atoms with Crippen molar-refractivity contribution in [2.24, 2.45) is 5.92 Å². The topological polar surface area (TPSA) is 52.6 Å². The van der Waals surface area contributed by atoms with E-state index in [1.165, 1.54) is 19.3 Å². The summed E-state index contributed by atoms with van der Waals surface area (Å²) in [5.41, 5.74) is 0.650. The Kier molecular flexibility index (Phi) is 7.73. The van der Waals surface area contributed by atoms with Crippen molar-refractivity contribution in [1.29, 1.82) is 0 Å². The first-order chi connectivity index (χ1) is 11.6. The molecule has 1 aliphatic rings. The molecular weight excluding hydrogens is 300 g/mol. The molecule has 1 heterocycles. The van der Waals surface area contributed by atoms with Gasteiger partial charge in [0.1, 0.15) is 0 Å². The van der Waals surface area contributed by atoms with Gasteiger partial charge in [0.25, 0.3) is 5.91 Å². The number of aliphatic hydroxyl groups excluding tert-OH is 1. The number of nitrogens with one attached hydrogen (secondary N) is 1. The number of likely N-dealkylation sites (tertiary alicyclic amines) is 1. The van der Waals surface area contributed by atoms with Crippen LogP contribution in [0.15, 0.2) is 30.3 Å². The van der Waals surface area contributed by atoms with E-state index in [1.807, 2.05) is 18.2 Å². The summed E-state index contributed by atoms with van der Waals surface area (Å²) in [6, 6.07) is 9.30. The molecule has 0 spiro atoms. The third-order valence-electron chi connectivity index (χ3n) is 5.17. The van der Waals surface area contributed by atoms with Gasteiger partial charge in [-0.05, 0) is 43.7 Å². The number of benzene rings is 1. The lowest BCUT2D eigenvalue weighted by Crippen LogP contribution is -2.46. The molecule has 1 fully saturated rings. The average Bonchev–Trinajstić information content (AvgIpc) is 2.63. The monoisotopic (exact) mass is 332 g/mol. The second-order valence-corrected chi connectivity index (χ2v) is 7.09. The van der Waals surface area contributed by atoms with Crippen LogP contribution in [0.5, 0.6) is 0 Å². The molecule has 2 rings (SSSR count). The third-order valence-corrected chi connectivity index (χ3v) is 5.17. The van der Waals surface area contributed by atoms with Crippen molar-refractivity contribution in [3.63, 3.8) is 0 Å². The standard InChI is InChI=1S/C20H32N2O2/c1-3-16(2)8-7-13-22-14-11-18(12-15-22)21-20(24)19(23)17-9-5-4-6-10-17/h4-6,9-10,16,18-19,23H,3,7-8,11-15H2,1-2H3,(H,21,24)/t16-,19?/m0/s1. The van der Waals surface area contributed by atoms with Crippen molar-refractivity contribution in [2.75, 3.05) is 19.6 Å². The molecule has 0 aromatic heterocycles. The minimum Gasteiger partial charge on any atom is -0.378 e. The predicted octanol–water partition coefficient (Wildman–Crippen LogP) is 3.13. The first kappa shape index (κ1) is 18.9. The normalized spacial score (nSPS) is 19.0. The second-order valence-electron chi connectivity index (χ2n) is 7.09. The fourth-order valence-electron chi connectivity index (χ4n) is 3.24. The number of amides is 1. The van der Waals surface area contributed by atoms with Gasteiger partial charge >= 0.3 is 0 Å². The summed E-state index contributed by atoms with van der Waals surface area (Å²) in [5.74, 6) is 0.540. The Balaban J connectivity index is 1.68. The van der Waals surface area contributed by atoms with Crippen LogP contribution in [-0.2, 0) is 4.79 Å². The van der Waals surface area contributed by atoms with Crippen LogP contribution >= 0.6 is 0 Å². The van der Waals surface area contributed by atoms with Crippen molar-refractivity contribution in [1.82, 2.24) is 10.2 Å². The molecule has 1 saturated heterocycles. The number of aliphatic hydroxyl groups is 1. The molecule has 134 valence electrons. The zero-order valence-electron chi connectivity index (χ0n) is 15.1. The molecule has 24 heavy (non-hydrogen) atoms. The molecule has 0 aliphatic carbocycles. The van der Waals surface area contributed by atoms with Crippen LogP contribution in [0, 0.1) is 5.92 Å². The Hall–Kier alpha value is -1.39. The molecule has 1 unspecified atom stereocenters. The Morgan fingerprint density at radius 2 is 1.96 bits per heavy atom. The van der Waals surface area contributed by atoms with Crippen molar-refractivity contribution < 1.29 is 9.90 Å². The van der Waals surface area contributed by atoms with Crippen LogP contribution in [0.3, 0.4) is 0 Å². The molecule has 1 amide bonds. The van der Waals surface area contributed by atoms with Gasteiger partial charge in [0.2, 0.25) is 0 Å². The van der Waals surface area contributed by atoms with E-state index in [9.17, 15) is 9.90 Å². The first-order valence-corrected chi connectivity index (χ1v) is 9.36. The maximum atomic E-state index is 12.2. The van der Waals surface area contributed by atoms with Gasteiger partial charge in [-0.3, -0.25) is 4.79 Å². The smallest absolute Gasteiger partial charge is 0.253 e. The summed E-state index contributed by atoms with van der Waals surface area (Å²) in [5, 5.41) is 13.1. The van der Waals surface area contributed by atoms with E-state index in [2.05, 4.69) is 24.1 Å². The van der Waals surface area contributed by atoms with Gasteiger partial charge in [-0.15, -0.1) is 0 Å². The van der Waals surface area contributed by atoms with Crippen molar-refractivity contribution in [3.05, 3.63) is 35.9 Å². The molecule has 0 bridgehead atoms. The predicted molar refractivity (Wildman–Crippen MR) is 97.7 cm³/mol. The lowest BCUT2D eigenvalue weighted by atomic mass is 10.0. The van der Waals surface area contributed by atoms with Crippen LogP contribution in [0.4, 0.5) is 0 Å². The number of carbonyl (C=O) groups is 1. The summed E-state index contributed by atoms with van der Waals surface area (Å²) in [7, 11) is 0. The lowest BCUT2D eigenvalue weighted by Gasteiger charge is -2.33. The molecule has 1 aliphatic heterocycles. The van der Waals surface area contributed by atoms with Gasteiger partial charge in [-0.2, -0.15) is 0 Å². The van der Waals surface area contributed by atoms with E-state index < -0.39 is 6.10 Å². The number of rotatable bonds is 8. The zero-order valence-corrected chi connectivity index (χ0v) is 15.1. The van der Waals surface area contributed by atoms with E-state index in [4.69, 9.17) is 0 Å². The van der Waals surface area contributed by atoms with Gasteiger partial charge in [0.05, 0.1) is 0 Å². The molecule has 4 nitrogen and oxygen atoms in total. The fraction of sp³-hybridized carbons (Fsp3) is 0.650. The fourth-order valence-corrected chi connectivity index (χ4v) is 3.24. The largest absolute Gasteiger partial charge is 0.378 e. The molecular formula is C20H32N2O2. The van der Waals surface area contributed by atoms with E-state index in [0.29, 0.717) is 5.56 Å². The van der Waals surface area contributed by atoms with Crippen LogP contribution in [0.1, 0.15) is 57.6 Å². The minimum atomic E-state index is -1.07. The molecule has 1 aromatic carbocycles. The maximum Gasteiger partial charge on any atom is 0.253 e. The molecule has 4 heteroatoms. The minimum absolute atomic E-state index is 0.182. The number of nitrogens with zero attached hydrogens (tertiary/aromatic N) is 1. The van der Waals surface area contributed by atoms with Gasteiger partial charge in [0, 0.05) is 19.1 Å². The van der Waals surface area contributed by atoms with Crippen LogP contribution in [-0.4, -0.2) is 41.6 Å². The van der Waals surface area contributed by atoms with Crippen LogP contribution in [0.2, 0.25) is 0 Å². The highest BCUT2D eigenvalue weighted by Gasteiger charge is 2.24. The lowest BCUT2D eigenvalue weighted by molar-refractivity contribution is -0.130. The number of piperidine rings is 1. The van der Waals surface area contributed by atoms with Crippen molar-refractivity contribution >= 4 is 5.91 Å². The number of hydrogen-bond acceptors (Lipinski definition) is 3. The molecule has 1 aromatic rings. The Bertz CT molecular complexity index is 484. The second kappa shape index (κ2) is 9.80. The van der Waals surface area contributed by atoms with E-state index in [0.717, 1.165) is 38.4 Å². The zero-order chi connectivity index (χ0) is 17.4. The van der Waals surface area contributed by atoms with Gasteiger partial charge in [-0.1, -0.05) is 50.6 Å². The van der Waals surface area contributed by atoms with E-state index >= 15 is 0 Å². The summed E-state index contributed by atoms with van der Waals surface area (Å²) in [4.78, 5) is 14.7. The highest BCUT2D eigenvalue weighted by Crippen LogP contribution is 2.16. The number of hydrogen-bond donors (Lipinski definition) is 2. The quantitative estimate of drug-likeness (QED) is 0.769. The third kappa shape index (κ3) is 5.91. The highest BCUT2D eigenvalue weighted by molar-refractivity contribution is 5.82. The Morgan fingerprint density at radius 1 is 1.29 bits per heavy atom. The molecule has 0 radical (unpaired) electrons. The summed E-state index contributed by atoms with van der Waals surface area (Å²) in [6.45, 7) is 7.81. The van der Waals surface area contributed by atoms with Crippen molar-refractivity contribution in [3.8, 4) is 0 Å². The Labute approximate surface area is 146 Å². The molecule has 2 N–H and O–H groups in total. The van der Waals surface area contributed by atoms with Gasteiger partial charge in [-0.25, -0.2) is 0 Å². The van der Waals surface area contributed by atoms with Crippen molar-refractivity contribution in [2.45, 2.75) is 58.1 Å². The summed E-state index contributed by atoms with van der Waals surface area (Å²) >= 11 is 0. The first-order valence-electron chi connectivity index (χ1n) is 9.36. The summed E-state index contributed by atoms with van der Waals surface area (Å²) in [6.07, 6.45) is 4.69. The summed E-state index contributed by atoms with van der Waals surface area (Å²) < 4.78 is 0. The maximum absolute atomic E-state index is 12.2. The van der Waals surface area contributed by atoms with Crippen LogP contribution in [0.25, 0.3) is 0 Å².